The van der Waals surface area contributed by atoms with Gasteiger partial charge in [0.15, 0.2) is 0 Å². The van der Waals surface area contributed by atoms with Crippen molar-refractivity contribution in [2.75, 3.05) is 24.7 Å². The molecule has 5 heteroatoms. The van der Waals surface area contributed by atoms with E-state index in [0.717, 1.165) is 24.1 Å². The maximum absolute atomic E-state index is 12.8. The van der Waals surface area contributed by atoms with E-state index in [1.807, 2.05) is 24.8 Å². The Bertz CT molecular complexity index is 518. The molecule has 1 saturated heterocycles. The van der Waals surface area contributed by atoms with Gasteiger partial charge in [0.05, 0.1) is 12.6 Å². The van der Waals surface area contributed by atoms with Gasteiger partial charge in [-0.15, -0.1) is 0 Å². The van der Waals surface area contributed by atoms with Crippen LogP contribution in [-0.4, -0.2) is 36.8 Å². The van der Waals surface area contributed by atoms with E-state index in [1.54, 1.807) is 6.20 Å². The number of amides is 1. The SMILES string of the molecule is Cc1cnc2c(c1)N(C(=O)[C@H]1CCO[C@H](C)C1)CCO2. The van der Waals surface area contributed by atoms with Gasteiger partial charge in [-0.05, 0) is 38.3 Å². The number of aromatic nitrogens is 1. The van der Waals surface area contributed by atoms with Crippen LogP contribution in [0.25, 0.3) is 0 Å². The van der Waals surface area contributed by atoms with Crippen molar-refractivity contribution in [3.8, 4) is 5.88 Å². The highest BCUT2D eigenvalue weighted by atomic mass is 16.5. The highest BCUT2D eigenvalue weighted by molar-refractivity contribution is 5.96. The van der Waals surface area contributed by atoms with E-state index in [1.165, 1.54) is 0 Å². The number of fused-ring (bicyclic) bond motifs is 1. The fraction of sp³-hybridized carbons (Fsp3) is 0.600. The quantitative estimate of drug-likeness (QED) is 0.786. The van der Waals surface area contributed by atoms with Crippen LogP contribution in [0.5, 0.6) is 5.88 Å². The molecule has 108 valence electrons. The Hall–Kier alpha value is -1.62. The predicted octanol–water partition coefficient (Wildman–Crippen LogP) is 1.93. The third-order valence-corrected chi connectivity index (χ3v) is 3.91. The van der Waals surface area contributed by atoms with Crippen LogP contribution >= 0.6 is 0 Å². The summed E-state index contributed by atoms with van der Waals surface area (Å²) in [5, 5.41) is 0. The van der Waals surface area contributed by atoms with Crippen LogP contribution in [0.15, 0.2) is 12.3 Å². The number of pyridine rings is 1. The second kappa shape index (κ2) is 5.40. The zero-order valence-electron chi connectivity index (χ0n) is 12.0. The Morgan fingerprint density at radius 2 is 2.30 bits per heavy atom. The molecule has 0 spiro atoms. The first-order valence-corrected chi connectivity index (χ1v) is 7.17. The minimum Gasteiger partial charge on any atom is -0.474 e. The first-order chi connectivity index (χ1) is 9.65. The molecule has 3 heterocycles. The standard InChI is InChI=1S/C15H20N2O3/c1-10-7-13-14(16-9-10)20-6-4-17(13)15(18)12-3-5-19-11(2)8-12/h7,9,11-12H,3-6,8H2,1-2H3/t11-,12+/m1/s1. The van der Waals surface area contributed by atoms with Crippen molar-refractivity contribution in [1.82, 2.24) is 4.98 Å². The summed E-state index contributed by atoms with van der Waals surface area (Å²) in [6, 6.07) is 1.97. The predicted molar refractivity (Wildman–Crippen MR) is 75.0 cm³/mol. The number of anilines is 1. The second-order valence-electron chi connectivity index (χ2n) is 5.58. The summed E-state index contributed by atoms with van der Waals surface area (Å²) in [7, 11) is 0. The van der Waals surface area contributed by atoms with Crippen molar-refractivity contribution < 1.29 is 14.3 Å². The van der Waals surface area contributed by atoms with Gasteiger partial charge in [0.1, 0.15) is 12.3 Å². The normalized spacial score (nSPS) is 25.8. The van der Waals surface area contributed by atoms with E-state index < -0.39 is 0 Å². The fourth-order valence-corrected chi connectivity index (χ4v) is 2.87. The van der Waals surface area contributed by atoms with Gasteiger partial charge in [-0.25, -0.2) is 4.98 Å². The van der Waals surface area contributed by atoms with Gasteiger partial charge in [-0.2, -0.15) is 0 Å². The fourth-order valence-electron chi connectivity index (χ4n) is 2.87. The highest BCUT2D eigenvalue weighted by Crippen LogP contribution is 2.33. The van der Waals surface area contributed by atoms with Crippen molar-refractivity contribution in [1.29, 1.82) is 0 Å². The van der Waals surface area contributed by atoms with E-state index in [2.05, 4.69) is 4.98 Å². The minimum absolute atomic E-state index is 0.0465. The third-order valence-electron chi connectivity index (χ3n) is 3.91. The number of ether oxygens (including phenoxy) is 2. The van der Waals surface area contributed by atoms with Crippen LogP contribution in [0.1, 0.15) is 25.3 Å². The summed E-state index contributed by atoms with van der Waals surface area (Å²) in [4.78, 5) is 18.9. The summed E-state index contributed by atoms with van der Waals surface area (Å²) in [5.74, 6) is 0.789. The minimum atomic E-state index is 0.0465. The van der Waals surface area contributed by atoms with Crippen LogP contribution in [-0.2, 0) is 9.53 Å². The Morgan fingerprint density at radius 1 is 1.45 bits per heavy atom. The van der Waals surface area contributed by atoms with Gasteiger partial charge in [-0.1, -0.05) is 0 Å². The molecular formula is C15H20N2O3. The lowest BCUT2D eigenvalue weighted by Gasteiger charge is -2.34. The van der Waals surface area contributed by atoms with E-state index in [4.69, 9.17) is 9.47 Å². The molecule has 0 unspecified atom stereocenters. The van der Waals surface area contributed by atoms with Crippen molar-refractivity contribution in [2.45, 2.75) is 32.8 Å². The lowest BCUT2D eigenvalue weighted by molar-refractivity contribution is -0.127. The highest BCUT2D eigenvalue weighted by Gasteiger charge is 2.33. The van der Waals surface area contributed by atoms with Gasteiger partial charge in [0.25, 0.3) is 0 Å². The number of rotatable bonds is 1. The first kappa shape index (κ1) is 13.4. The lowest BCUT2D eigenvalue weighted by atomic mass is 9.94. The Balaban J connectivity index is 1.84. The van der Waals surface area contributed by atoms with Gasteiger partial charge < -0.3 is 14.4 Å². The van der Waals surface area contributed by atoms with Crippen LogP contribution in [0.2, 0.25) is 0 Å². The van der Waals surface area contributed by atoms with Crippen LogP contribution in [0, 0.1) is 12.8 Å². The average molecular weight is 276 g/mol. The van der Waals surface area contributed by atoms with E-state index in [0.29, 0.717) is 25.6 Å². The first-order valence-electron chi connectivity index (χ1n) is 7.17. The second-order valence-corrected chi connectivity index (χ2v) is 5.58. The number of hydrogen-bond donors (Lipinski definition) is 0. The summed E-state index contributed by atoms with van der Waals surface area (Å²) in [6.07, 6.45) is 3.53. The number of hydrogen-bond acceptors (Lipinski definition) is 4. The van der Waals surface area contributed by atoms with E-state index in [9.17, 15) is 4.79 Å². The monoisotopic (exact) mass is 276 g/mol. The molecule has 0 radical (unpaired) electrons. The zero-order chi connectivity index (χ0) is 14.1. The Labute approximate surface area is 118 Å². The molecule has 2 aliphatic heterocycles. The van der Waals surface area contributed by atoms with Gasteiger partial charge >= 0.3 is 0 Å². The topological polar surface area (TPSA) is 51.7 Å². The summed E-state index contributed by atoms with van der Waals surface area (Å²) < 4.78 is 11.1. The molecule has 0 aliphatic carbocycles. The summed E-state index contributed by atoms with van der Waals surface area (Å²) in [5.41, 5.74) is 1.84. The van der Waals surface area contributed by atoms with Crippen molar-refractivity contribution >= 4 is 11.6 Å². The van der Waals surface area contributed by atoms with Gasteiger partial charge in [0.2, 0.25) is 11.8 Å². The molecule has 0 saturated carbocycles. The molecule has 2 aliphatic rings. The Morgan fingerprint density at radius 3 is 3.10 bits per heavy atom. The maximum atomic E-state index is 12.8. The van der Waals surface area contributed by atoms with Crippen molar-refractivity contribution in [3.63, 3.8) is 0 Å². The van der Waals surface area contributed by atoms with Gasteiger partial charge in [-0.3, -0.25) is 4.79 Å². The number of nitrogens with zero attached hydrogens (tertiary/aromatic N) is 2. The number of aryl methyl sites for hydroxylation is 1. The Kier molecular flexibility index (Phi) is 3.61. The third kappa shape index (κ3) is 2.50. The zero-order valence-corrected chi connectivity index (χ0v) is 12.0. The molecular weight excluding hydrogens is 256 g/mol. The van der Waals surface area contributed by atoms with E-state index >= 15 is 0 Å². The molecule has 1 fully saturated rings. The summed E-state index contributed by atoms with van der Waals surface area (Å²) in [6.45, 7) is 5.77. The molecule has 0 bridgehead atoms. The van der Waals surface area contributed by atoms with Gasteiger partial charge in [0, 0.05) is 18.7 Å². The van der Waals surface area contributed by atoms with Crippen LogP contribution in [0.4, 0.5) is 5.69 Å². The van der Waals surface area contributed by atoms with Crippen molar-refractivity contribution in [2.24, 2.45) is 5.92 Å². The largest absolute Gasteiger partial charge is 0.474 e. The smallest absolute Gasteiger partial charge is 0.238 e. The van der Waals surface area contributed by atoms with Crippen molar-refractivity contribution in [3.05, 3.63) is 17.8 Å². The molecule has 1 amide bonds. The molecule has 1 aromatic rings. The van der Waals surface area contributed by atoms with Crippen LogP contribution < -0.4 is 9.64 Å². The number of carbonyl (C=O) groups is 1. The molecule has 0 aromatic carbocycles. The lowest BCUT2D eigenvalue weighted by Crippen LogP contribution is -2.44. The van der Waals surface area contributed by atoms with Crippen LogP contribution in [0.3, 0.4) is 0 Å². The average Bonchev–Trinajstić information content (AvgIpc) is 2.46. The molecule has 0 N–H and O–H groups in total. The summed E-state index contributed by atoms with van der Waals surface area (Å²) >= 11 is 0. The molecule has 2 atom stereocenters. The van der Waals surface area contributed by atoms with E-state index in [-0.39, 0.29) is 17.9 Å². The number of carbonyl (C=O) groups excluding carboxylic acids is 1. The molecule has 1 aromatic heterocycles. The molecule has 20 heavy (non-hydrogen) atoms. The maximum Gasteiger partial charge on any atom is 0.238 e. The molecule has 3 rings (SSSR count). The molecule has 5 nitrogen and oxygen atoms in total.